The molecule has 0 spiro atoms. The standard InChI is InChI=1S/C35H38Cl2FN5O3S/c1-22-40-31-4-2-3-5-32(31)43(22)27-20-25-8-9-26(21-27)42(25)17-14-35(24-7-11-30(38)29(37)19-24)12-15-41(16-13-35)34(44)23-6-10-28(36)33(18-23)47(39,45)46/h2-7,10-11,18-19,25-27H,8-9,12-17,20-21H2,1H3,(H2,39,45,46)/t25-,26+,27?. The summed E-state index contributed by atoms with van der Waals surface area (Å²) in [6.07, 6.45) is 6.70. The predicted octanol–water partition coefficient (Wildman–Crippen LogP) is 6.87. The summed E-state index contributed by atoms with van der Waals surface area (Å²) in [6, 6.07) is 18.9. The Morgan fingerprint density at radius 1 is 0.979 bits per heavy atom. The van der Waals surface area contributed by atoms with Gasteiger partial charge in [-0.25, -0.2) is 22.9 Å². The molecule has 1 unspecified atom stereocenters. The molecule has 3 saturated heterocycles. The van der Waals surface area contributed by atoms with Crippen molar-refractivity contribution in [3.63, 3.8) is 0 Å². The molecule has 3 fully saturated rings. The number of amides is 1. The van der Waals surface area contributed by atoms with Crippen LogP contribution in [0, 0.1) is 12.7 Å². The lowest BCUT2D eigenvalue weighted by Gasteiger charge is -2.45. The van der Waals surface area contributed by atoms with Crippen molar-refractivity contribution >= 4 is 50.2 Å². The van der Waals surface area contributed by atoms with Gasteiger partial charge in [0.15, 0.2) is 0 Å². The molecule has 0 aliphatic carbocycles. The molecule has 3 atom stereocenters. The smallest absolute Gasteiger partial charge is 0.253 e. The van der Waals surface area contributed by atoms with Crippen molar-refractivity contribution in [3.05, 3.63) is 93.5 Å². The Morgan fingerprint density at radius 3 is 2.36 bits per heavy atom. The minimum Gasteiger partial charge on any atom is -0.339 e. The fraction of sp³-hybridized carbons (Fsp3) is 0.429. The maximum absolute atomic E-state index is 14.3. The Labute approximate surface area is 284 Å². The fourth-order valence-electron chi connectivity index (χ4n) is 8.47. The Kier molecular flexibility index (Phi) is 8.62. The molecule has 1 amide bonds. The normalized spacial score (nSPS) is 23.0. The summed E-state index contributed by atoms with van der Waals surface area (Å²) >= 11 is 12.4. The molecule has 3 aliphatic heterocycles. The van der Waals surface area contributed by atoms with Gasteiger partial charge in [-0.1, -0.05) is 41.4 Å². The number of aromatic nitrogens is 2. The highest BCUT2D eigenvalue weighted by atomic mass is 35.5. The fourth-order valence-corrected chi connectivity index (χ4v) is 9.73. The van der Waals surface area contributed by atoms with Crippen molar-refractivity contribution in [2.45, 2.75) is 80.3 Å². The van der Waals surface area contributed by atoms with Crippen LogP contribution >= 0.6 is 23.2 Å². The van der Waals surface area contributed by atoms with Gasteiger partial charge < -0.3 is 9.47 Å². The summed E-state index contributed by atoms with van der Waals surface area (Å²) in [5.74, 6) is 0.339. The van der Waals surface area contributed by atoms with Crippen molar-refractivity contribution in [1.29, 1.82) is 0 Å². The Hall–Kier alpha value is -3.02. The highest BCUT2D eigenvalue weighted by molar-refractivity contribution is 7.89. The minimum atomic E-state index is -4.09. The average molecular weight is 699 g/mol. The van der Waals surface area contributed by atoms with Gasteiger partial charge in [-0.2, -0.15) is 0 Å². The topological polar surface area (TPSA) is 102 Å². The van der Waals surface area contributed by atoms with E-state index in [0.717, 1.165) is 42.7 Å². The SMILES string of the molecule is Cc1nc2ccccc2n1C1C[C@H]2CC[C@@H](C1)N2CCC1(c2ccc(F)c(Cl)c2)CCN(C(=O)c2ccc(Cl)c(S(N)(=O)=O)c2)CC1. The monoisotopic (exact) mass is 697 g/mol. The van der Waals surface area contributed by atoms with Gasteiger partial charge >= 0.3 is 0 Å². The molecule has 2 N–H and O–H groups in total. The van der Waals surface area contributed by atoms with Gasteiger partial charge in [-0.05, 0) is 112 Å². The lowest BCUT2D eigenvalue weighted by Crippen LogP contribution is -2.49. The van der Waals surface area contributed by atoms with Crippen LogP contribution in [0.2, 0.25) is 10.0 Å². The quantitative estimate of drug-likeness (QED) is 0.227. The zero-order chi connectivity index (χ0) is 33.1. The van der Waals surface area contributed by atoms with Gasteiger partial charge in [0.05, 0.1) is 21.1 Å². The summed E-state index contributed by atoms with van der Waals surface area (Å²) in [6.45, 7) is 3.94. The molecular weight excluding hydrogens is 660 g/mol. The van der Waals surface area contributed by atoms with Crippen LogP contribution in [0.5, 0.6) is 0 Å². The average Bonchev–Trinajstić information content (AvgIpc) is 3.51. The van der Waals surface area contributed by atoms with Gasteiger partial charge in [0.1, 0.15) is 16.5 Å². The highest BCUT2D eigenvalue weighted by Gasteiger charge is 2.44. The molecule has 4 aromatic rings. The van der Waals surface area contributed by atoms with Crippen molar-refractivity contribution in [2.24, 2.45) is 5.14 Å². The second-order valence-corrected chi connectivity index (χ2v) is 15.8. The van der Waals surface area contributed by atoms with E-state index in [1.807, 2.05) is 12.1 Å². The van der Waals surface area contributed by atoms with Crippen LogP contribution in [0.1, 0.15) is 72.7 Å². The van der Waals surface area contributed by atoms with Crippen LogP contribution in [0.3, 0.4) is 0 Å². The molecule has 248 valence electrons. The van der Waals surface area contributed by atoms with Crippen LogP contribution in [-0.4, -0.2) is 65.4 Å². The van der Waals surface area contributed by atoms with Gasteiger partial charge in [-0.15, -0.1) is 0 Å². The predicted molar refractivity (Wildman–Crippen MR) is 182 cm³/mol. The number of fused-ring (bicyclic) bond motifs is 3. The number of likely N-dealkylation sites (tertiary alicyclic amines) is 1. The van der Waals surface area contributed by atoms with Crippen LogP contribution in [0.25, 0.3) is 11.0 Å². The number of hydrogen-bond donors (Lipinski definition) is 1. The number of hydrogen-bond acceptors (Lipinski definition) is 5. The van der Waals surface area contributed by atoms with Gasteiger partial charge in [0.25, 0.3) is 5.91 Å². The summed E-state index contributed by atoms with van der Waals surface area (Å²) < 4.78 is 40.8. The van der Waals surface area contributed by atoms with E-state index in [-0.39, 0.29) is 31.8 Å². The van der Waals surface area contributed by atoms with Crippen molar-refractivity contribution in [1.82, 2.24) is 19.4 Å². The first kappa shape index (κ1) is 32.5. The van der Waals surface area contributed by atoms with Crippen LogP contribution < -0.4 is 5.14 Å². The van der Waals surface area contributed by atoms with Gasteiger partial charge in [-0.3, -0.25) is 9.69 Å². The largest absolute Gasteiger partial charge is 0.339 e. The molecule has 7 rings (SSSR count). The van der Waals surface area contributed by atoms with Gasteiger partial charge in [0, 0.05) is 36.8 Å². The van der Waals surface area contributed by atoms with E-state index in [1.165, 1.54) is 42.6 Å². The first-order valence-electron chi connectivity index (χ1n) is 16.2. The van der Waals surface area contributed by atoms with E-state index in [1.54, 1.807) is 11.0 Å². The Bertz CT molecular complexity index is 1950. The number of halogens is 3. The maximum atomic E-state index is 14.3. The number of carbonyl (C=O) groups is 1. The third kappa shape index (κ3) is 6.08. The second-order valence-electron chi connectivity index (χ2n) is 13.4. The van der Waals surface area contributed by atoms with Gasteiger partial charge in [0.2, 0.25) is 10.0 Å². The lowest BCUT2D eigenvalue weighted by atomic mass is 9.70. The molecule has 3 aromatic carbocycles. The number of benzene rings is 3. The van der Waals surface area contributed by atoms with E-state index in [0.29, 0.717) is 44.1 Å². The lowest BCUT2D eigenvalue weighted by molar-refractivity contribution is 0.0606. The minimum absolute atomic E-state index is 0.0265. The van der Waals surface area contributed by atoms with E-state index in [2.05, 4.69) is 34.6 Å². The maximum Gasteiger partial charge on any atom is 0.253 e. The molecular formula is C35H38Cl2FN5O3S. The second kappa shape index (κ2) is 12.5. The Morgan fingerprint density at radius 2 is 1.68 bits per heavy atom. The van der Waals surface area contributed by atoms with E-state index >= 15 is 0 Å². The summed E-state index contributed by atoms with van der Waals surface area (Å²) in [4.78, 5) is 22.5. The first-order valence-corrected chi connectivity index (χ1v) is 18.5. The number of rotatable bonds is 7. The number of nitrogens with zero attached hydrogens (tertiary/aromatic N) is 4. The molecule has 4 heterocycles. The number of aryl methyl sites for hydroxylation is 1. The number of primary sulfonamides is 1. The van der Waals surface area contributed by atoms with E-state index in [4.69, 9.17) is 33.3 Å². The third-order valence-corrected chi connectivity index (χ3v) is 12.6. The van der Waals surface area contributed by atoms with Crippen LogP contribution in [0.4, 0.5) is 4.39 Å². The molecule has 12 heteroatoms. The van der Waals surface area contributed by atoms with E-state index < -0.39 is 15.8 Å². The number of nitrogens with two attached hydrogens (primary N) is 1. The zero-order valence-electron chi connectivity index (χ0n) is 26.2. The first-order chi connectivity index (χ1) is 22.4. The molecule has 0 saturated carbocycles. The molecule has 0 radical (unpaired) electrons. The number of para-hydroxylation sites is 2. The molecule has 8 nitrogen and oxygen atoms in total. The summed E-state index contributed by atoms with van der Waals surface area (Å²) in [5.41, 5.74) is 3.16. The number of carbonyl (C=O) groups excluding carboxylic acids is 1. The Balaban J connectivity index is 1.09. The van der Waals surface area contributed by atoms with Crippen LogP contribution in [-0.2, 0) is 15.4 Å². The molecule has 3 aliphatic rings. The highest BCUT2D eigenvalue weighted by Crippen LogP contribution is 2.45. The molecule has 1 aromatic heterocycles. The zero-order valence-corrected chi connectivity index (χ0v) is 28.5. The summed E-state index contributed by atoms with van der Waals surface area (Å²) in [5, 5.41) is 5.40. The summed E-state index contributed by atoms with van der Waals surface area (Å²) in [7, 11) is -4.09. The molecule has 2 bridgehead atoms. The number of piperidine rings is 2. The van der Waals surface area contributed by atoms with Crippen molar-refractivity contribution < 1.29 is 17.6 Å². The van der Waals surface area contributed by atoms with E-state index in [9.17, 15) is 17.6 Å². The van der Waals surface area contributed by atoms with Crippen molar-refractivity contribution in [2.75, 3.05) is 19.6 Å². The number of imidazole rings is 1. The number of sulfonamides is 1. The van der Waals surface area contributed by atoms with Crippen LogP contribution in [0.15, 0.2) is 65.6 Å². The molecule has 47 heavy (non-hydrogen) atoms. The third-order valence-electron chi connectivity index (χ3n) is 10.9. The van der Waals surface area contributed by atoms with Crippen molar-refractivity contribution in [3.8, 4) is 0 Å².